The minimum absolute atomic E-state index is 0.331. The minimum Gasteiger partial charge on any atom is -0.468 e. The SMILES string of the molecule is CCCN(CCC)S(=O)(=O)NCC(=O)OC. The van der Waals surface area contributed by atoms with Crippen LogP contribution in [0.5, 0.6) is 0 Å². The normalized spacial score (nSPS) is 11.8. The van der Waals surface area contributed by atoms with Gasteiger partial charge in [-0.3, -0.25) is 4.79 Å². The van der Waals surface area contributed by atoms with Gasteiger partial charge in [-0.15, -0.1) is 0 Å². The first-order valence-corrected chi connectivity index (χ1v) is 6.73. The smallest absolute Gasteiger partial charge is 0.320 e. The summed E-state index contributed by atoms with van der Waals surface area (Å²) in [4.78, 5) is 10.8. The zero-order chi connectivity index (χ0) is 12.6. The van der Waals surface area contributed by atoms with Gasteiger partial charge in [-0.2, -0.15) is 17.4 Å². The van der Waals surface area contributed by atoms with Gasteiger partial charge in [-0.1, -0.05) is 13.8 Å². The molecular weight excluding hydrogens is 232 g/mol. The molecule has 96 valence electrons. The second kappa shape index (κ2) is 7.59. The molecule has 0 aromatic heterocycles. The van der Waals surface area contributed by atoms with Crippen LogP contribution in [0, 0.1) is 0 Å². The Balaban J connectivity index is 4.41. The van der Waals surface area contributed by atoms with Gasteiger partial charge in [0, 0.05) is 13.1 Å². The molecular formula is C9H20N2O4S. The quantitative estimate of drug-likeness (QED) is 0.622. The molecule has 1 N–H and O–H groups in total. The summed E-state index contributed by atoms with van der Waals surface area (Å²) >= 11 is 0. The highest BCUT2D eigenvalue weighted by Crippen LogP contribution is 2.01. The molecule has 0 rings (SSSR count). The van der Waals surface area contributed by atoms with E-state index >= 15 is 0 Å². The summed E-state index contributed by atoms with van der Waals surface area (Å²) in [5.41, 5.74) is 0. The molecule has 0 bridgehead atoms. The Morgan fingerprint density at radius 3 is 2.12 bits per heavy atom. The van der Waals surface area contributed by atoms with E-state index in [9.17, 15) is 13.2 Å². The van der Waals surface area contributed by atoms with E-state index in [0.29, 0.717) is 13.1 Å². The monoisotopic (exact) mass is 252 g/mol. The molecule has 0 aliphatic carbocycles. The summed E-state index contributed by atoms with van der Waals surface area (Å²) < 4.78 is 31.4. The van der Waals surface area contributed by atoms with Crippen LogP contribution in [0.1, 0.15) is 26.7 Å². The Hall–Kier alpha value is -0.660. The van der Waals surface area contributed by atoms with Crippen LogP contribution in [0.25, 0.3) is 0 Å². The highest BCUT2D eigenvalue weighted by atomic mass is 32.2. The van der Waals surface area contributed by atoms with E-state index in [-0.39, 0.29) is 6.54 Å². The van der Waals surface area contributed by atoms with Crippen LogP contribution in [0.4, 0.5) is 0 Å². The first-order chi connectivity index (χ1) is 7.47. The molecule has 0 fully saturated rings. The van der Waals surface area contributed by atoms with E-state index < -0.39 is 16.2 Å². The lowest BCUT2D eigenvalue weighted by atomic mass is 10.4. The lowest BCUT2D eigenvalue weighted by molar-refractivity contribution is -0.139. The van der Waals surface area contributed by atoms with Gasteiger partial charge < -0.3 is 4.74 Å². The fourth-order valence-electron chi connectivity index (χ4n) is 1.16. The van der Waals surface area contributed by atoms with Crippen LogP contribution in [-0.2, 0) is 19.7 Å². The Bertz CT molecular complexity index is 297. The first kappa shape index (κ1) is 15.3. The van der Waals surface area contributed by atoms with Gasteiger partial charge in [-0.05, 0) is 12.8 Å². The van der Waals surface area contributed by atoms with Gasteiger partial charge in [0.05, 0.1) is 7.11 Å². The summed E-state index contributed by atoms with van der Waals surface area (Å²) in [7, 11) is -2.35. The van der Waals surface area contributed by atoms with Gasteiger partial charge in [0.1, 0.15) is 6.54 Å². The van der Waals surface area contributed by atoms with E-state index in [0.717, 1.165) is 12.8 Å². The number of hydrogen-bond acceptors (Lipinski definition) is 4. The predicted molar refractivity (Wildman–Crippen MR) is 61.1 cm³/mol. The molecule has 0 saturated carbocycles. The van der Waals surface area contributed by atoms with Gasteiger partial charge in [0.2, 0.25) is 0 Å². The second-order valence-corrected chi connectivity index (χ2v) is 5.06. The molecule has 0 spiro atoms. The first-order valence-electron chi connectivity index (χ1n) is 5.29. The van der Waals surface area contributed by atoms with Crippen molar-refractivity contribution in [1.82, 2.24) is 9.03 Å². The minimum atomic E-state index is -3.57. The summed E-state index contributed by atoms with van der Waals surface area (Å²) in [6, 6.07) is 0. The summed E-state index contributed by atoms with van der Waals surface area (Å²) in [6.07, 6.45) is 1.47. The highest BCUT2D eigenvalue weighted by molar-refractivity contribution is 7.87. The van der Waals surface area contributed by atoms with Crippen LogP contribution in [-0.4, -0.2) is 45.4 Å². The highest BCUT2D eigenvalue weighted by Gasteiger charge is 2.20. The maximum Gasteiger partial charge on any atom is 0.320 e. The standard InChI is InChI=1S/C9H20N2O4S/c1-4-6-11(7-5-2)16(13,14)10-8-9(12)15-3/h10H,4-8H2,1-3H3. The lowest BCUT2D eigenvalue weighted by Crippen LogP contribution is -2.43. The summed E-state index contributed by atoms with van der Waals surface area (Å²) in [6.45, 7) is 4.37. The largest absolute Gasteiger partial charge is 0.468 e. The zero-order valence-electron chi connectivity index (χ0n) is 10.0. The average Bonchev–Trinajstić information content (AvgIpc) is 2.25. The van der Waals surface area contributed by atoms with Gasteiger partial charge >= 0.3 is 5.97 Å². The van der Waals surface area contributed by atoms with E-state index in [4.69, 9.17) is 0 Å². The molecule has 0 aliphatic heterocycles. The molecule has 0 aliphatic rings. The van der Waals surface area contributed by atoms with Gasteiger partial charge in [-0.25, -0.2) is 0 Å². The van der Waals surface area contributed by atoms with Crippen LogP contribution in [0.2, 0.25) is 0 Å². The summed E-state index contributed by atoms with van der Waals surface area (Å²) in [5, 5.41) is 0. The number of ether oxygens (including phenoxy) is 1. The lowest BCUT2D eigenvalue weighted by Gasteiger charge is -2.20. The second-order valence-electron chi connectivity index (χ2n) is 3.30. The predicted octanol–water partition coefficient (Wildman–Crippen LogP) is 0.116. The van der Waals surface area contributed by atoms with Crippen molar-refractivity contribution in [2.75, 3.05) is 26.7 Å². The molecule has 7 heteroatoms. The molecule has 0 unspecified atom stereocenters. The van der Waals surface area contributed by atoms with Crippen molar-refractivity contribution in [3.8, 4) is 0 Å². The molecule has 0 aromatic carbocycles. The molecule has 6 nitrogen and oxygen atoms in total. The molecule has 16 heavy (non-hydrogen) atoms. The number of rotatable bonds is 8. The van der Waals surface area contributed by atoms with E-state index in [1.165, 1.54) is 11.4 Å². The van der Waals surface area contributed by atoms with Crippen LogP contribution in [0.15, 0.2) is 0 Å². The van der Waals surface area contributed by atoms with Crippen LogP contribution in [0.3, 0.4) is 0 Å². The van der Waals surface area contributed by atoms with Crippen molar-refractivity contribution >= 4 is 16.2 Å². The zero-order valence-corrected chi connectivity index (χ0v) is 10.8. The molecule has 0 atom stereocenters. The third-order valence-electron chi connectivity index (χ3n) is 1.91. The van der Waals surface area contributed by atoms with Gasteiger partial charge in [0.25, 0.3) is 10.2 Å². The van der Waals surface area contributed by atoms with Crippen LogP contribution < -0.4 is 4.72 Å². The van der Waals surface area contributed by atoms with Crippen molar-refractivity contribution in [1.29, 1.82) is 0 Å². The Kier molecular flexibility index (Phi) is 7.27. The van der Waals surface area contributed by atoms with Crippen molar-refractivity contribution in [3.63, 3.8) is 0 Å². The Morgan fingerprint density at radius 1 is 1.25 bits per heavy atom. The van der Waals surface area contributed by atoms with Crippen molar-refractivity contribution in [2.24, 2.45) is 0 Å². The number of nitrogens with zero attached hydrogens (tertiary/aromatic N) is 1. The Morgan fingerprint density at radius 2 is 1.75 bits per heavy atom. The van der Waals surface area contributed by atoms with Crippen molar-refractivity contribution in [3.05, 3.63) is 0 Å². The van der Waals surface area contributed by atoms with E-state index in [1.807, 2.05) is 13.8 Å². The number of hydrogen-bond donors (Lipinski definition) is 1. The number of carbonyl (C=O) groups excluding carboxylic acids is 1. The topological polar surface area (TPSA) is 75.7 Å². The molecule has 0 amide bonds. The molecule has 0 radical (unpaired) electrons. The fraction of sp³-hybridized carbons (Fsp3) is 0.889. The maximum absolute atomic E-state index is 11.7. The third kappa shape index (κ3) is 5.43. The van der Waals surface area contributed by atoms with E-state index in [1.54, 1.807) is 0 Å². The number of esters is 1. The maximum atomic E-state index is 11.7. The fourth-order valence-corrected chi connectivity index (χ4v) is 2.49. The average molecular weight is 252 g/mol. The van der Waals surface area contributed by atoms with Crippen LogP contribution >= 0.6 is 0 Å². The van der Waals surface area contributed by atoms with Gasteiger partial charge in [0.15, 0.2) is 0 Å². The van der Waals surface area contributed by atoms with Crippen molar-refractivity contribution in [2.45, 2.75) is 26.7 Å². The van der Waals surface area contributed by atoms with E-state index in [2.05, 4.69) is 9.46 Å². The number of methoxy groups -OCH3 is 1. The molecule has 0 heterocycles. The van der Waals surface area contributed by atoms with Crippen molar-refractivity contribution < 1.29 is 17.9 Å². The number of nitrogens with one attached hydrogen (secondary N) is 1. The Labute approximate surface area is 97.1 Å². The summed E-state index contributed by atoms with van der Waals surface area (Å²) in [5.74, 6) is -0.600. The third-order valence-corrected chi connectivity index (χ3v) is 3.47. The molecule has 0 saturated heterocycles. The molecule has 0 aromatic rings. The number of carbonyl (C=O) groups is 1.